The van der Waals surface area contributed by atoms with E-state index in [-0.39, 0.29) is 5.56 Å². The third-order valence-corrected chi connectivity index (χ3v) is 3.32. The van der Waals surface area contributed by atoms with Crippen molar-refractivity contribution < 1.29 is 0 Å². The number of nitriles is 1. The third-order valence-electron chi connectivity index (χ3n) is 3.32. The first-order valence-corrected chi connectivity index (χ1v) is 6.35. The first kappa shape index (κ1) is 12.2. The minimum atomic E-state index is -0.0203. The summed E-state index contributed by atoms with van der Waals surface area (Å²) < 4.78 is 1.75. The third kappa shape index (κ3) is 2.19. The van der Waals surface area contributed by atoms with Crippen LogP contribution in [0.5, 0.6) is 0 Å². The van der Waals surface area contributed by atoms with Crippen molar-refractivity contribution in [1.82, 2.24) is 4.57 Å². The number of nitrogens with zero attached hydrogens (tertiary/aromatic N) is 2. The normalized spacial score (nSPS) is 10.3. The molecule has 0 unspecified atom stereocenters. The molecule has 0 atom stereocenters. The predicted octanol–water partition coefficient (Wildman–Crippen LogP) is 2.92. The molecule has 3 nitrogen and oxygen atoms in total. The van der Waals surface area contributed by atoms with Gasteiger partial charge in [-0.3, -0.25) is 4.79 Å². The highest BCUT2D eigenvalue weighted by Gasteiger charge is 2.03. The molecule has 1 heterocycles. The lowest BCUT2D eigenvalue weighted by Crippen LogP contribution is -2.19. The second-order valence-electron chi connectivity index (χ2n) is 4.63. The lowest BCUT2D eigenvalue weighted by Gasteiger charge is -2.10. The van der Waals surface area contributed by atoms with Gasteiger partial charge < -0.3 is 4.57 Å². The summed E-state index contributed by atoms with van der Waals surface area (Å²) in [6, 6.07) is 20.6. The van der Waals surface area contributed by atoms with Crippen LogP contribution in [-0.2, 0) is 6.54 Å². The van der Waals surface area contributed by atoms with E-state index in [9.17, 15) is 4.79 Å². The molecular weight excluding hydrogens is 248 g/mol. The molecule has 0 aliphatic heterocycles. The van der Waals surface area contributed by atoms with Crippen LogP contribution in [0.15, 0.2) is 65.5 Å². The van der Waals surface area contributed by atoms with E-state index in [4.69, 9.17) is 5.26 Å². The molecular formula is C17H12N2O. The Hall–Kier alpha value is -2.86. The van der Waals surface area contributed by atoms with E-state index in [0.29, 0.717) is 12.1 Å². The van der Waals surface area contributed by atoms with Crippen molar-refractivity contribution in [1.29, 1.82) is 5.26 Å². The van der Waals surface area contributed by atoms with Gasteiger partial charge in [-0.05, 0) is 35.2 Å². The predicted molar refractivity (Wildman–Crippen MR) is 78.5 cm³/mol. The van der Waals surface area contributed by atoms with Gasteiger partial charge in [0.15, 0.2) is 0 Å². The average Bonchev–Trinajstić information content (AvgIpc) is 2.51. The maximum atomic E-state index is 12.1. The fourth-order valence-corrected chi connectivity index (χ4v) is 2.27. The number of para-hydroxylation sites is 1. The molecule has 0 saturated heterocycles. The van der Waals surface area contributed by atoms with E-state index in [1.54, 1.807) is 22.8 Å². The Morgan fingerprint density at radius 3 is 2.45 bits per heavy atom. The molecule has 0 radical (unpaired) electrons. The number of fused-ring (bicyclic) bond motifs is 1. The van der Waals surface area contributed by atoms with Crippen molar-refractivity contribution in [3.63, 3.8) is 0 Å². The van der Waals surface area contributed by atoms with Gasteiger partial charge in [0, 0.05) is 6.07 Å². The quantitative estimate of drug-likeness (QED) is 0.711. The van der Waals surface area contributed by atoms with Crippen LogP contribution >= 0.6 is 0 Å². The summed E-state index contributed by atoms with van der Waals surface area (Å²) >= 11 is 0. The highest BCUT2D eigenvalue weighted by Crippen LogP contribution is 2.13. The molecule has 0 spiro atoms. The molecule has 3 heteroatoms. The molecule has 3 aromatic rings. The van der Waals surface area contributed by atoms with Crippen LogP contribution in [0.1, 0.15) is 11.1 Å². The zero-order valence-corrected chi connectivity index (χ0v) is 10.8. The lowest BCUT2D eigenvalue weighted by molar-refractivity contribution is 0.795. The van der Waals surface area contributed by atoms with Gasteiger partial charge in [-0.1, -0.05) is 30.3 Å². The number of rotatable bonds is 2. The molecule has 0 bridgehead atoms. The van der Waals surface area contributed by atoms with Gasteiger partial charge in [0.2, 0.25) is 0 Å². The summed E-state index contributed by atoms with van der Waals surface area (Å²) in [5, 5.41) is 9.84. The molecule has 0 aliphatic carbocycles. The molecule has 2 aromatic carbocycles. The van der Waals surface area contributed by atoms with Crippen molar-refractivity contribution in [2.75, 3.05) is 0 Å². The van der Waals surface area contributed by atoms with Crippen molar-refractivity contribution in [3.05, 3.63) is 82.1 Å². The van der Waals surface area contributed by atoms with Crippen molar-refractivity contribution >= 4 is 10.9 Å². The minimum absolute atomic E-state index is 0.0203. The molecule has 0 aliphatic rings. The maximum Gasteiger partial charge on any atom is 0.251 e. The van der Waals surface area contributed by atoms with Crippen LogP contribution in [0.3, 0.4) is 0 Å². The summed E-state index contributed by atoms with van der Waals surface area (Å²) in [4.78, 5) is 12.1. The van der Waals surface area contributed by atoms with Gasteiger partial charge in [-0.15, -0.1) is 0 Å². The zero-order valence-electron chi connectivity index (χ0n) is 10.8. The summed E-state index contributed by atoms with van der Waals surface area (Å²) in [7, 11) is 0. The highest BCUT2D eigenvalue weighted by molar-refractivity contribution is 5.78. The fraction of sp³-hybridized carbons (Fsp3) is 0.0588. The van der Waals surface area contributed by atoms with E-state index in [0.717, 1.165) is 16.5 Å². The van der Waals surface area contributed by atoms with Crippen molar-refractivity contribution in [2.24, 2.45) is 0 Å². The standard InChI is InChI=1S/C17H12N2O/c18-11-13-5-7-14(8-6-13)12-19-16-4-2-1-3-15(16)9-10-17(19)20/h1-10H,12H2. The van der Waals surface area contributed by atoms with E-state index in [1.807, 2.05) is 42.5 Å². The molecule has 0 fully saturated rings. The molecule has 0 N–H and O–H groups in total. The van der Waals surface area contributed by atoms with Crippen LogP contribution < -0.4 is 5.56 Å². The monoisotopic (exact) mass is 260 g/mol. The zero-order chi connectivity index (χ0) is 13.9. The Bertz CT molecular complexity index is 855. The molecule has 20 heavy (non-hydrogen) atoms. The maximum absolute atomic E-state index is 12.1. The summed E-state index contributed by atoms with van der Waals surface area (Å²) in [5.74, 6) is 0. The van der Waals surface area contributed by atoms with Gasteiger partial charge >= 0.3 is 0 Å². The molecule has 3 rings (SSSR count). The number of pyridine rings is 1. The van der Waals surface area contributed by atoms with Gasteiger partial charge in [-0.25, -0.2) is 0 Å². The molecule has 96 valence electrons. The first-order chi connectivity index (χ1) is 9.78. The Balaban J connectivity index is 2.08. The van der Waals surface area contributed by atoms with E-state index in [1.165, 1.54) is 0 Å². The summed E-state index contributed by atoms with van der Waals surface area (Å²) in [6.07, 6.45) is 0. The largest absolute Gasteiger partial charge is 0.304 e. The lowest BCUT2D eigenvalue weighted by atomic mass is 10.1. The highest BCUT2D eigenvalue weighted by atomic mass is 16.1. The van der Waals surface area contributed by atoms with Crippen LogP contribution in [0.2, 0.25) is 0 Å². The average molecular weight is 260 g/mol. The van der Waals surface area contributed by atoms with Gasteiger partial charge in [0.1, 0.15) is 0 Å². The van der Waals surface area contributed by atoms with Gasteiger partial charge in [0.05, 0.1) is 23.7 Å². The van der Waals surface area contributed by atoms with E-state index >= 15 is 0 Å². The number of benzene rings is 2. The van der Waals surface area contributed by atoms with E-state index < -0.39 is 0 Å². The Kier molecular flexibility index (Phi) is 3.06. The van der Waals surface area contributed by atoms with Gasteiger partial charge in [-0.2, -0.15) is 5.26 Å². The smallest absolute Gasteiger partial charge is 0.251 e. The topological polar surface area (TPSA) is 45.8 Å². The summed E-state index contributed by atoms with van der Waals surface area (Å²) in [5.41, 5.74) is 2.53. The van der Waals surface area contributed by atoms with Crippen LogP contribution in [-0.4, -0.2) is 4.57 Å². The van der Waals surface area contributed by atoms with Crippen LogP contribution in [0.4, 0.5) is 0 Å². The SMILES string of the molecule is N#Cc1ccc(Cn2c(=O)ccc3ccccc32)cc1. The fourth-order valence-electron chi connectivity index (χ4n) is 2.27. The van der Waals surface area contributed by atoms with Gasteiger partial charge in [0.25, 0.3) is 5.56 Å². The summed E-state index contributed by atoms with van der Waals surface area (Å²) in [6.45, 7) is 0.506. The molecule has 1 aromatic heterocycles. The molecule has 0 amide bonds. The van der Waals surface area contributed by atoms with Crippen LogP contribution in [0.25, 0.3) is 10.9 Å². The minimum Gasteiger partial charge on any atom is -0.304 e. The van der Waals surface area contributed by atoms with E-state index in [2.05, 4.69) is 6.07 Å². The number of hydrogen-bond acceptors (Lipinski definition) is 2. The molecule has 0 saturated carbocycles. The van der Waals surface area contributed by atoms with Crippen molar-refractivity contribution in [3.8, 4) is 6.07 Å². The number of aromatic nitrogens is 1. The Morgan fingerprint density at radius 1 is 0.950 bits per heavy atom. The number of hydrogen-bond donors (Lipinski definition) is 0. The Morgan fingerprint density at radius 2 is 1.70 bits per heavy atom. The second kappa shape index (κ2) is 5.02. The van der Waals surface area contributed by atoms with Crippen molar-refractivity contribution in [2.45, 2.75) is 6.54 Å². The Labute approximate surface area is 116 Å². The van der Waals surface area contributed by atoms with Crippen LogP contribution in [0, 0.1) is 11.3 Å². The first-order valence-electron chi connectivity index (χ1n) is 6.35. The second-order valence-corrected chi connectivity index (χ2v) is 4.63.